The molecule has 1 aliphatic heterocycles. The molecule has 1 atom stereocenters. The fraction of sp³-hybridized carbons (Fsp3) is 0.448. The number of sulfonamides is 1. The van der Waals surface area contributed by atoms with Gasteiger partial charge in [-0.2, -0.15) is 0 Å². The largest absolute Gasteiger partial charge is 0.513 e. The van der Waals surface area contributed by atoms with Crippen LogP contribution in [-0.2, 0) is 10.0 Å². The summed E-state index contributed by atoms with van der Waals surface area (Å²) in [5.41, 5.74) is 3.69. The topological polar surface area (TPSA) is 76.1 Å². The van der Waals surface area contributed by atoms with Crippen LogP contribution in [0.2, 0.25) is 0 Å². The van der Waals surface area contributed by atoms with Gasteiger partial charge in [0.15, 0.2) is 0 Å². The summed E-state index contributed by atoms with van der Waals surface area (Å²) in [6.07, 6.45) is 8.83. The number of methoxy groups -OCH3 is 1. The predicted molar refractivity (Wildman–Crippen MR) is 144 cm³/mol. The van der Waals surface area contributed by atoms with E-state index in [9.17, 15) is 13.5 Å². The number of ether oxygens (including phenoxy) is 2. The average Bonchev–Trinajstić information content (AvgIpc) is 2.87. The Morgan fingerprint density at radius 3 is 2.64 bits per heavy atom. The van der Waals surface area contributed by atoms with Gasteiger partial charge in [-0.1, -0.05) is 49.6 Å². The maximum atomic E-state index is 13.9. The second-order valence-corrected chi connectivity index (χ2v) is 11.8. The molecule has 2 aliphatic rings. The highest BCUT2D eigenvalue weighted by molar-refractivity contribution is 7.92. The van der Waals surface area contributed by atoms with E-state index < -0.39 is 16.1 Å². The SMILES string of the molecule is C=C(O)CC[C@H]1CN(S(=O)(=O)c2ccc(C)c(OC)c2)c2cc(/C=C(\C)C3CCCCC3)ccc2O1. The zero-order valence-electron chi connectivity index (χ0n) is 21.5. The van der Waals surface area contributed by atoms with Gasteiger partial charge in [-0.25, -0.2) is 8.42 Å². The maximum absolute atomic E-state index is 13.9. The van der Waals surface area contributed by atoms with Gasteiger partial charge in [0.25, 0.3) is 10.0 Å². The molecule has 194 valence electrons. The molecule has 1 saturated carbocycles. The van der Waals surface area contributed by atoms with E-state index in [1.165, 1.54) is 49.1 Å². The quantitative estimate of drug-likeness (QED) is 0.395. The van der Waals surface area contributed by atoms with E-state index in [2.05, 4.69) is 19.6 Å². The third-order valence-corrected chi connectivity index (χ3v) is 9.06. The summed E-state index contributed by atoms with van der Waals surface area (Å²) in [7, 11) is -2.36. The molecule has 0 unspecified atom stereocenters. The molecule has 1 fully saturated rings. The molecule has 36 heavy (non-hydrogen) atoms. The molecule has 0 amide bonds. The first-order valence-electron chi connectivity index (χ1n) is 12.7. The smallest absolute Gasteiger partial charge is 0.264 e. The lowest BCUT2D eigenvalue weighted by atomic mass is 9.84. The Kier molecular flexibility index (Phi) is 7.98. The number of hydrogen-bond acceptors (Lipinski definition) is 5. The van der Waals surface area contributed by atoms with Crippen molar-refractivity contribution in [1.29, 1.82) is 0 Å². The molecule has 1 heterocycles. The minimum Gasteiger partial charge on any atom is -0.513 e. The van der Waals surface area contributed by atoms with Crippen LogP contribution in [0.15, 0.2) is 59.2 Å². The highest BCUT2D eigenvalue weighted by Gasteiger charge is 2.35. The third kappa shape index (κ3) is 5.72. The fourth-order valence-electron chi connectivity index (χ4n) is 5.15. The number of rotatable bonds is 8. The van der Waals surface area contributed by atoms with Crippen molar-refractivity contribution in [2.24, 2.45) is 5.92 Å². The van der Waals surface area contributed by atoms with Gasteiger partial charge in [0.2, 0.25) is 0 Å². The minimum absolute atomic E-state index is 0.0562. The summed E-state index contributed by atoms with van der Waals surface area (Å²) >= 11 is 0. The van der Waals surface area contributed by atoms with Crippen LogP contribution in [-0.4, -0.2) is 33.3 Å². The highest BCUT2D eigenvalue weighted by Crippen LogP contribution is 2.40. The number of benzene rings is 2. The van der Waals surface area contributed by atoms with Gasteiger partial charge in [-0.15, -0.1) is 0 Å². The molecule has 6 nitrogen and oxygen atoms in total. The van der Waals surface area contributed by atoms with Crippen LogP contribution in [0, 0.1) is 12.8 Å². The number of hydrogen-bond donors (Lipinski definition) is 1. The summed E-state index contributed by atoms with van der Waals surface area (Å²) in [5, 5.41) is 9.59. The molecular formula is C29H37NO5S. The van der Waals surface area contributed by atoms with E-state index in [0.29, 0.717) is 35.9 Å². The van der Waals surface area contributed by atoms with Crippen LogP contribution in [0.25, 0.3) is 6.08 Å². The molecule has 0 saturated heterocycles. The summed E-state index contributed by atoms with van der Waals surface area (Å²) < 4.78 is 40.9. The number of allylic oxidation sites excluding steroid dienone is 2. The van der Waals surface area contributed by atoms with Crippen LogP contribution in [0.1, 0.15) is 63.0 Å². The van der Waals surface area contributed by atoms with Crippen LogP contribution in [0.5, 0.6) is 11.5 Å². The van der Waals surface area contributed by atoms with Crippen molar-refractivity contribution >= 4 is 21.8 Å². The Hall–Kier alpha value is -2.93. The summed E-state index contributed by atoms with van der Waals surface area (Å²) in [6.45, 7) is 7.76. The number of aryl methyl sites for hydroxylation is 1. The normalized spacial score (nSPS) is 18.9. The Bertz CT molecular complexity index is 1240. The lowest BCUT2D eigenvalue weighted by Gasteiger charge is -2.36. The first kappa shape index (κ1) is 26.1. The van der Waals surface area contributed by atoms with Gasteiger partial charge in [0, 0.05) is 12.5 Å². The van der Waals surface area contributed by atoms with E-state index in [4.69, 9.17) is 9.47 Å². The van der Waals surface area contributed by atoms with Crippen molar-refractivity contribution in [1.82, 2.24) is 0 Å². The van der Waals surface area contributed by atoms with Gasteiger partial charge < -0.3 is 14.6 Å². The van der Waals surface area contributed by atoms with Crippen LogP contribution < -0.4 is 13.8 Å². The van der Waals surface area contributed by atoms with E-state index in [0.717, 1.165) is 11.1 Å². The molecule has 2 aromatic rings. The lowest BCUT2D eigenvalue weighted by Crippen LogP contribution is -2.43. The van der Waals surface area contributed by atoms with Crippen LogP contribution in [0.3, 0.4) is 0 Å². The van der Waals surface area contributed by atoms with Crippen LogP contribution in [0.4, 0.5) is 5.69 Å². The van der Waals surface area contributed by atoms with Crippen molar-refractivity contribution in [2.45, 2.75) is 69.8 Å². The summed E-state index contributed by atoms with van der Waals surface area (Å²) in [4.78, 5) is 0.169. The van der Waals surface area contributed by atoms with Gasteiger partial charge in [-0.05, 0) is 68.4 Å². The van der Waals surface area contributed by atoms with Gasteiger partial charge in [0.05, 0.1) is 30.0 Å². The Balaban J connectivity index is 1.73. The monoisotopic (exact) mass is 511 g/mol. The molecule has 0 bridgehead atoms. The summed E-state index contributed by atoms with van der Waals surface area (Å²) in [6, 6.07) is 10.7. The number of anilines is 1. The standard InChI is InChI=1S/C29H37NO5S/c1-20-10-14-26(18-29(20)34-4)36(32,33)30-19-25(13-11-22(3)31)35-28-15-12-23(17-27(28)30)16-21(2)24-8-6-5-7-9-24/h10,12,14-18,24-25,31H,3,5-9,11,13,19H2,1-2,4H3/b21-16+/t25-/m0/s1. The van der Waals surface area contributed by atoms with E-state index in [1.54, 1.807) is 18.2 Å². The molecule has 1 N–H and O–H groups in total. The van der Waals surface area contributed by atoms with E-state index in [-0.39, 0.29) is 17.2 Å². The van der Waals surface area contributed by atoms with Crippen molar-refractivity contribution in [3.05, 3.63) is 65.4 Å². The molecule has 0 spiro atoms. The second kappa shape index (κ2) is 11.0. The molecule has 1 aliphatic carbocycles. The predicted octanol–water partition coefficient (Wildman–Crippen LogP) is 6.80. The Labute approximate surface area is 215 Å². The van der Waals surface area contributed by atoms with Gasteiger partial charge in [-0.3, -0.25) is 4.31 Å². The van der Waals surface area contributed by atoms with Crippen molar-refractivity contribution in [3.8, 4) is 11.5 Å². The average molecular weight is 512 g/mol. The molecular weight excluding hydrogens is 474 g/mol. The van der Waals surface area contributed by atoms with E-state index in [1.807, 2.05) is 25.1 Å². The molecule has 2 aromatic carbocycles. The first-order chi connectivity index (χ1) is 17.2. The number of aliphatic hydroxyl groups excluding tert-OH is 1. The van der Waals surface area contributed by atoms with Gasteiger partial charge in [0.1, 0.15) is 17.6 Å². The zero-order chi connectivity index (χ0) is 25.9. The molecule has 0 aromatic heterocycles. The van der Waals surface area contributed by atoms with Crippen LogP contribution >= 0.6 is 0 Å². The third-order valence-electron chi connectivity index (χ3n) is 7.28. The van der Waals surface area contributed by atoms with E-state index >= 15 is 0 Å². The molecule has 0 radical (unpaired) electrons. The maximum Gasteiger partial charge on any atom is 0.264 e. The van der Waals surface area contributed by atoms with Crippen molar-refractivity contribution in [2.75, 3.05) is 18.0 Å². The van der Waals surface area contributed by atoms with Crippen molar-refractivity contribution < 1.29 is 23.0 Å². The molecule has 4 rings (SSSR count). The second-order valence-electron chi connectivity index (χ2n) is 9.96. The number of fused-ring (bicyclic) bond motifs is 1. The Morgan fingerprint density at radius 2 is 1.94 bits per heavy atom. The van der Waals surface area contributed by atoms with Gasteiger partial charge >= 0.3 is 0 Å². The fourth-order valence-corrected chi connectivity index (χ4v) is 6.67. The number of aliphatic hydroxyl groups is 1. The zero-order valence-corrected chi connectivity index (χ0v) is 22.3. The summed E-state index contributed by atoms with van der Waals surface area (Å²) in [5.74, 6) is 1.69. The highest BCUT2D eigenvalue weighted by atomic mass is 32.2. The molecule has 7 heteroatoms. The Morgan fingerprint density at radius 1 is 1.19 bits per heavy atom. The van der Waals surface area contributed by atoms with Crippen molar-refractivity contribution in [3.63, 3.8) is 0 Å². The number of nitrogens with zero attached hydrogens (tertiary/aromatic N) is 1. The lowest BCUT2D eigenvalue weighted by molar-refractivity contribution is 0.184. The minimum atomic E-state index is -3.89. The first-order valence-corrected chi connectivity index (χ1v) is 14.2.